The smallest absolute Gasteiger partial charge is 0.212 e. The second-order valence-electron chi connectivity index (χ2n) is 6.98. The van der Waals surface area contributed by atoms with Gasteiger partial charge in [-0.25, -0.2) is 21.6 Å². The van der Waals surface area contributed by atoms with Crippen molar-refractivity contribution in [2.24, 2.45) is 11.3 Å². The normalized spacial score (nSPS) is 40.0. The maximum Gasteiger partial charge on any atom is 0.212 e. The van der Waals surface area contributed by atoms with Gasteiger partial charge in [-0.2, -0.15) is 0 Å². The summed E-state index contributed by atoms with van der Waals surface area (Å²) in [5.74, 6) is 1.06. The SMILES string of the molecule is O=S1(=O)CCCC(NS(=O)(=O)CC23CCC(CC2)C3)C1. The van der Waals surface area contributed by atoms with Crippen LogP contribution in [0.3, 0.4) is 0 Å². The molecule has 1 saturated heterocycles. The largest absolute Gasteiger partial charge is 0.229 e. The van der Waals surface area contributed by atoms with Crippen LogP contribution in [-0.4, -0.2) is 40.1 Å². The van der Waals surface area contributed by atoms with Crippen molar-refractivity contribution < 1.29 is 16.8 Å². The third kappa shape index (κ3) is 3.20. The van der Waals surface area contributed by atoms with Gasteiger partial charge in [-0.3, -0.25) is 0 Å². The maximum atomic E-state index is 12.3. The molecule has 3 fully saturated rings. The highest BCUT2D eigenvalue weighted by molar-refractivity contribution is 7.91. The Morgan fingerprint density at radius 2 is 1.85 bits per heavy atom. The molecule has 0 aromatic heterocycles. The van der Waals surface area contributed by atoms with Crippen LogP contribution in [0.5, 0.6) is 0 Å². The lowest BCUT2D eigenvalue weighted by molar-refractivity contribution is 0.332. The van der Waals surface area contributed by atoms with Crippen LogP contribution in [-0.2, 0) is 19.9 Å². The number of fused-ring (bicyclic) bond motifs is 2. The van der Waals surface area contributed by atoms with Crippen LogP contribution in [0, 0.1) is 11.3 Å². The molecule has 3 aliphatic rings. The van der Waals surface area contributed by atoms with Crippen molar-refractivity contribution in [3.8, 4) is 0 Å². The van der Waals surface area contributed by atoms with Crippen molar-refractivity contribution in [2.45, 2.75) is 51.0 Å². The zero-order chi connectivity index (χ0) is 14.4. The molecular formula is C13H23NO4S2. The fraction of sp³-hybridized carbons (Fsp3) is 1.00. The van der Waals surface area contributed by atoms with E-state index >= 15 is 0 Å². The Labute approximate surface area is 121 Å². The molecule has 7 heteroatoms. The number of sulfonamides is 1. The van der Waals surface area contributed by atoms with E-state index in [0.717, 1.165) is 38.0 Å². The van der Waals surface area contributed by atoms with Crippen LogP contribution in [0.4, 0.5) is 0 Å². The molecule has 2 aliphatic carbocycles. The summed E-state index contributed by atoms with van der Waals surface area (Å²) >= 11 is 0. The molecule has 0 aromatic rings. The molecule has 3 rings (SSSR count). The van der Waals surface area contributed by atoms with E-state index in [-0.39, 0.29) is 22.7 Å². The fourth-order valence-electron chi connectivity index (χ4n) is 4.33. The number of hydrogen-bond acceptors (Lipinski definition) is 4. The summed E-state index contributed by atoms with van der Waals surface area (Å²) in [7, 11) is -6.44. The monoisotopic (exact) mass is 321 g/mol. The third-order valence-electron chi connectivity index (χ3n) is 5.19. The van der Waals surface area contributed by atoms with E-state index in [0.29, 0.717) is 12.8 Å². The summed E-state index contributed by atoms with van der Waals surface area (Å²) < 4.78 is 50.5. The van der Waals surface area contributed by atoms with Crippen LogP contribution in [0.1, 0.15) is 44.9 Å². The standard InChI is InChI=1S/C13H23NO4S2/c15-19(16)7-1-2-12(9-19)14-20(17,18)10-13-5-3-11(8-13)4-6-13/h11-12,14H,1-10H2. The summed E-state index contributed by atoms with van der Waals surface area (Å²) in [6.45, 7) is 0. The van der Waals surface area contributed by atoms with Crippen molar-refractivity contribution in [3.63, 3.8) is 0 Å². The molecule has 1 unspecified atom stereocenters. The van der Waals surface area contributed by atoms with Crippen LogP contribution in [0.2, 0.25) is 0 Å². The minimum absolute atomic E-state index is 0.0238. The molecule has 5 nitrogen and oxygen atoms in total. The summed E-state index contributed by atoms with van der Waals surface area (Å²) in [5, 5.41) is 0. The Balaban J connectivity index is 1.64. The third-order valence-corrected chi connectivity index (χ3v) is 8.70. The molecule has 2 saturated carbocycles. The van der Waals surface area contributed by atoms with E-state index in [1.165, 1.54) is 0 Å². The molecule has 0 radical (unpaired) electrons. The molecule has 116 valence electrons. The van der Waals surface area contributed by atoms with E-state index in [9.17, 15) is 16.8 Å². The summed E-state index contributed by atoms with van der Waals surface area (Å²) in [6, 6.07) is -0.422. The van der Waals surface area contributed by atoms with Gasteiger partial charge in [0.1, 0.15) is 0 Å². The Hall–Kier alpha value is -0.140. The lowest BCUT2D eigenvalue weighted by Gasteiger charge is -2.28. The van der Waals surface area contributed by atoms with E-state index in [2.05, 4.69) is 4.72 Å². The molecular weight excluding hydrogens is 298 g/mol. The first kappa shape index (κ1) is 14.8. The minimum Gasteiger partial charge on any atom is -0.229 e. The quantitative estimate of drug-likeness (QED) is 0.840. The van der Waals surface area contributed by atoms with Crippen molar-refractivity contribution in [1.82, 2.24) is 4.72 Å². The second-order valence-corrected chi connectivity index (χ2v) is 11.0. The van der Waals surface area contributed by atoms with Gasteiger partial charge in [-0.1, -0.05) is 0 Å². The van der Waals surface area contributed by atoms with E-state index in [1.807, 2.05) is 0 Å². The molecule has 0 aromatic carbocycles. The van der Waals surface area contributed by atoms with E-state index in [1.54, 1.807) is 0 Å². The van der Waals surface area contributed by atoms with Crippen LogP contribution in [0.25, 0.3) is 0 Å². The Morgan fingerprint density at radius 3 is 2.40 bits per heavy atom. The lowest BCUT2D eigenvalue weighted by atomic mass is 9.87. The van der Waals surface area contributed by atoms with Gasteiger partial charge in [-0.15, -0.1) is 0 Å². The van der Waals surface area contributed by atoms with Crippen LogP contribution < -0.4 is 4.72 Å². The molecule has 1 heterocycles. The predicted molar refractivity (Wildman–Crippen MR) is 77.6 cm³/mol. The van der Waals surface area contributed by atoms with Crippen molar-refractivity contribution in [3.05, 3.63) is 0 Å². The van der Waals surface area contributed by atoms with Gasteiger partial charge < -0.3 is 0 Å². The van der Waals surface area contributed by atoms with Gasteiger partial charge in [0.2, 0.25) is 10.0 Å². The zero-order valence-corrected chi connectivity index (χ0v) is 13.3. The van der Waals surface area contributed by atoms with Crippen molar-refractivity contribution >= 4 is 19.9 Å². The van der Waals surface area contributed by atoms with Crippen LogP contribution in [0.15, 0.2) is 0 Å². The Bertz CT molecular complexity index is 573. The summed E-state index contributed by atoms with van der Waals surface area (Å²) in [5.41, 5.74) is -0.0238. The van der Waals surface area contributed by atoms with Gasteiger partial charge in [0.05, 0.1) is 17.3 Å². The topological polar surface area (TPSA) is 80.3 Å². The molecule has 0 spiro atoms. The van der Waals surface area contributed by atoms with Gasteiger partial charge in [0.15, 0.2) is 9.84 Å². The Kier molecular flexibility index (Phi) is 3.66. The van der Waals surface area contributed by atoms with E-state index < -0.39 is 25.9 Å². The first-order valence-electron chi connectivity index (χ1n) is 7.48. The number of rotatable bonds is 4. The van der Waals surface area contributed by atoms with E-state index in [4.69, 9.17) is 0 Å². The highest BCUT2D eigenvalue weighted by Gasteiger charge is 2.47. The first-order chi connectivity index (χ1) is 9.28. The minimum atomic E-state index is -3.37. The second kappa shape index (κ2) is 4.95. The molecule has 1 atom stereocenters. The molecule has 0 amide bonds. The van der Waals surface area contributed by atoms with Crippen molar-refractivity contribution in [1.29, 1.82) is 0 Å². The first-order valence-corrected chi connectivity index (χ1v) is 11.0. The highest BCUT2D eigenvalue weighted by atomic mass is 32.2. The van der Waals surface area contributed by atoms with Gasteiger partial charge in [0.25, 0.3) is 0 Å². The van der Waals surface area contributed by atoms with Gasteiger partial charge in [0, 0.05) is 6.04 Å². The molecule has 2 bridgehead atoms. The number of sulfone groups is 1. The lowest BCUT2D eigenvalue weighted by Crippen LogP contribution is -2.46. The molecule has 1 aliphatic heterocycles. The van der Waals surface area contributed by atoms with Gasteiger partial charge >= 0.3 is 0 Å². The van der Waals surface area contributed by atoms with Crippen LogP contribution >= 0.6 is 0 Å². The predicted octanol–water partition coefficient (Wildman–Crippen LogP) is 1.06. The maximum absolute atomic E-state index is 12.3. The Morgan fingerprint density at radius 1 is 1.15 bits per heavy atom. The zero-order valence-electron chi connectivity index (χ0n) is 11.7. The average Bonchev–Trinajstić information content (AvgIpc) is 2.85. The van der Waals surface area contributed by atoms with Gasteiger partial charge in [-0.05, 0) is 56.3 Å². The number of hydrogen-bond donors (Lipinski definition) is 1. The van der Waals surface area contributed by atoms with Crippen molar-refractivity contribution in [2.75, 3.05) is 17.3 Å². The number of nitrogens with one attached hydrogen (secondary N) is 1. The molecule has 20 heavy (non-hydrogen) atoms. The fourth-order valence-corrected chi connectivity index (χ4v) is 8.08. The average molecular weight is 321 g/mol. The molecule has 1 N–H and O–H groups in total. The summed E-state index contributed by atoms with van der Waals surface area (Å²) in [4.78, 5) is 0. The highest BCUT2D eigenvalue weighted by Crippen LogP contribution is 2.54. The summed E-state index contributed by atoms with van der Waals surface area (Å²) in [6.07, 6.45) is 6.58.